The van der Waals surface area contributed by atoms with Crippen LogP contribution in [-0.2, 0) is 12.8 Å². The molecule has 0 fully saturated rings. The predicted octanol–water partition coefficient (Wildman–Crippen LogP) is 3.58. The molecule has 1 atom stereocenters. The van der Waals surface area contributed by atoms with Crippen molar-refractivity contribution in [3.05, 3.63) is 34.9 Å². The van der Waals surface area contributed by atoms with Crippen molar-refractivity contribution in [3.63, 3.8) is 0 Å². The topological polar surface area (TPSA) is 12.0 Å². The molecule has 102 valence electrons. The van der Waals surface area contributed by atoms with Gasteiger partial charge in [0.05, 0.1) is 5.75 Å². The summed E-state index contributed by atoms with van der Waals surface area (Å²) < 4.78 is 0. The first kappa shape index (κ1) is 14.5. The number of hydrogen-bond donors (Lipinski definition) is 1. The summed E-state index contributed by atoms with van der Waals surface area (Å²) in [6.45, 7) is 3.26. The molecular formula is C17H23NS. The summed E-state index contributed by atoms with van der Waals surface area (Å²) in [5, 5.41) is 3.58. The van der Waals surface area contributed by atoms with Crippen LogP contribution in [0.1, 0.15) is 42.5 Å². The highest BCUT2D eigenvalue weighted by molar-refractivity contribution is 7.99. The molecule has 1 N–H and O–H groups in total. The number of aryl methyl sites for hydroxylation is 2. The van der Waals surface area contributed by atoms with Gasteiger partial charge in [0.1, 0.15) is 0 Å². The van der Waals surface area contributed by atoms with Crippen LogP contribution < -0.4 is 5.32 Å². The van der Waals surface area contributed by atoms with Gasteiger partial charge in [-0.25, -0.2) is 0 Å². The first-order chi connectivity index (χ1) is 9.31. The minimum atomic E-state index is 0.429. The molecule has 0 aromatic heterocycles. The van der Waals surface area contributed by atoms with Gasteiger partial charge >= 0.3 is 0 Å². The van der Waals surface area contributed by atoms with Gasteiger partial charge in [0, 0.05) is 18.3 Å². The quantitative estimate of drug-likeness (QED) is 0.628. The van der Waals surface area contributed by atoms with Crippen molar-refractivity contribution in [3.8, 4) is 12.3 Å². The average Bonchev–Trinajstić information content (AvgIpc) is 2.46. The molecule has 2 rings (SSSR count). The second kappa shape index (κ2) is 7.62. The molecule has 1 unspecified atom stereocenters. The maximum Gasteiger partial charge on any atom is 0.0545 e. The molecule has 0 saturated heterocycles. The molecule has 0 amide bonds. The molecule has 1 aliphatic carbocycles. The van der Waals surface area contributed by atoms with E-state index in [0.717, 1.165) is 18.1 Å². The van der Waals surface area contributed by atoms with E-state index in [0.29, 0.717) is 6.04 Å². The molecule has 2 heteroatoms. The van der Waals surface area contributed by atoms with E-state index in [1.165, 1.54) is 31.2 Å². The molecule has 0 saturated carbocycles. The summed E-state index contributed by atoms with van der Waals surface area (Å²) in [6.07, 6.45) is 10.5. The smallest absolute Gasteiger partial charge is 0.0545 e. The van der Waals surface area contributed by atoms with Crippen LogP contribution in [0.3, 0.4) is 0 Å². The van der Waals surface area contributed by atoms with Crippen molar-refractivity contribution in [2.45, 2.75) is 38.6 Å². The largest absolute Gasteiger partial charge is 0.309 e. The number of nitrogens with one attached hydrogen (secondary N) is 1. The van der Waals surface area contributed by atoms with Crippen LogP contribution in [-0.4, -0.2) is 18.1 Å². The third kappa shape index (κ3) is 4.30. The van der Waals surface area contributed by atoms with Crippen LogP contribution in [0.5, 0.6) is 0 Å². The Kier molecular flexibility index (Phi) is 5.82. The van der Waals surface area contributed by atoms with E-state index < -0.39 is 0 Å². The van der Waals surface area contributed by atoms with Gasteiger partial charge in [-0.15, -0.1) is 18.2 Å². The summed E-state index contributed by atoms with van der Waals surface area (Å²) in [5.74, 6) is 4.55. The average molecular weight is 273 g/mol. The summed E-state index contributed by atoms with van der Waals surface area (Å²) in [5.41, 5.74) is 4.55. The fourth-order valence-electron chi connectivity index (χ4n) is 2.62. The first-order valence-corrected chi connectivity index (χ1v) is 8.33. The van der Waals surface area contributed by atoms with Gasteiger partial charge in [-0.1, -0.05) is 24.1 Å². The normalized spacial score (nSPS) is 15.6. The van der Waals surface area contributed by atoms with E-state index >= 15 is 0 Å². The molecular weight excluding hydrogens is 250 g/mol. The molecule has 0 aliphatic heterocycles. The van der Waals surface area contributed by atoms with Gasteiger partial charge in [-0.3, -0.25) is 0 Å². The highest BCUT2D eigenvalue weighted by atomic mass is 32.2. The van der Waals surface area contributed by atoms with E-state index in [2.05, 4.69) is 36.4 Å². The van der Waals surface area contributed by atoms with Crippen LogP contribution >= 0.6 is 11.8 Å². The number of fused-ring (bicyclic) bond motifs is 1. The molecule has 1 aromatic carbocycles. The summed E-state index contributed by atoms with van der Waals surface area (Å²) in [6, 6.07) is 7.45. The summed E-state index contributed by atoms with van der Waals surface area (Å²) in [4.78, 5) is 0. The van der Waals surface area contributed by atoms with Crippen molar-refractivity contribution < 1.29 is 0 Å². The zero-order valence-electron chi connectivity index (χ0n) is 11.7. The molecule has 1 aromatic rings. The van der Waals surface area contributed by atoms with Crippen LogP contribution in [0.25, 0.3) is 0 Å². The van der Waals surface area contributed by atoms with Crippen molar-refractivity contribution in [2.24, 2.45) is 0 Å². The Morgan fingerprint density at radius 2 is 2.11 bits per heavy atom. The highest BCUT2D eigenvalue weighted by Crippen LogP contribution is 2.24. The van der Waals surface area contributed by atoms with Crippen molar-refractivity contribution in [1.82, 2.24) is 5.32 Å². The van der Waals surface area contributed by atoms with E-state index in [-0.39, 0.29) is 0 Å². The number of terminal acetylenes is 1. The SMILES string of the molecule is C#CCSCCNC(C)c1ccc2c(c1)CCCC2. The first-order valence-electron chi connectivity index (χ1n) is 7.17. The monoisotopic (exact) mass is 273 g/mol. The lowest BCUT2D eigenvalue weighted by molar-refractivity contribution is 0.598. The van der Waals surface area contributed by atoms with Gasteiger partial charge in [-0.05, 0) is 49.3 Å². The van der Waals surface area contributed by atoms with E-state index in [1.54, 1.807) is 11.1 Å². The van der Waals surface area contributed by atoms with Gasteiger partial charge in [0.15, 0.2) is 0 Å². The van der Waals surface area contributed by atoms with Gasteiger partial charge < -0.3 is 5.32 Å². The molecule has 0 heterocycles. The second-order valence-corrected chi connectivity index (χ2v) is 6.27. The fraction of sp³-hybridized carbons (Fsp3) is 0.529. The maximum atomic E-state index is 5.24. The molecule has 1 aliphatic rings. The lowest BCUT2D eigenvalue weighted by atomic mass is 9.89. The van der Waals surface area contributed by atoms with Crippen molar-refractivity contribution in [1.29, 1.82) is 0 Å². The summed E-state index contributed by atoms with van der Waals surface area (Å²) in [7, 11) is 0. The lowest BCUT2D eigenvalue weighted by Crippen LogP contribution is -2.21. The van der Waals surface area contributed by atoms with Crippen LogP contribution in [0.15, 0.2) is 18.2 Å². The second-order valence-electron chi connectivity index (χ2n) is 5.17. The number of thioether (sulfide) groups is 1. The van der Waals surface area contributed by atoms with Gasteiger partial charge in [0.2, 0.25) is 0 Å². The number of rotatable bonds is 6. The van der Waals surface area contributed by atoms with Crippen molar-refractivity contribution in [2.75, 3.05) is 18.1 Å². The predicted molar refractivity (Wildman–Crippen MR) is 85.7 cm³/mol. The zero-order chi connectivity index (χ0) is 13.5. The minimum Gasteiger partial charge on any atom is -0.309 e. The Bertz CT molecular complexity index is 447. The van der Waals surface area contributed by atoms with Gasteiger partial charge in [0.25, 0.3) is 0 Å². The van der Waals surface area contributed by atoms with Gasteiger partial charge in [-0.2, -0.15) is 0 Å². The van der Waals surface area contributed by atoms with Crippen LogP contribution in [0.4, 0.5) is 0 Å². The standard InChI is InChI=1S/C17H23NS/c1-3-11-19-12-10-18-14(2)16-9-8-15-6-4-5-7-17(15)13-16/h1,8-9,13-14,18H,4-7,10-12H2,2H3. The Balaban J connectivity index is 1.85. The number of hydrogen-bond acceptors (Lipinski definition) is 2. The Hall–Kier alpha value is -0.910. The Morgan fingerprint density at radius 3 is 2.89 bits per heavy atom. The van der Waals surface area contributed by atoms with E-state index in [4.69, 9.17) is 6.42 Å². The molecule has 19 heavy (non-hydrogen) atoms. The molecule has 0 bridgehead atoms. The van der Waals surface area contributed by atoms with Crippen LogP contribution in [0, 0.1) is 12.3 Å². The third-order valence-corrected chi connectivity index (χ3v) is 4.62. The zero-order valence-corrected chi connectivity index (χ0v) is 12.6. The minimum absolute atomic E-state index is 0.429. The maximum absolute atomic E-state index is 5.24. The third-order valence-electron chi connectivity index (χ3n) is 3.75. The Morgan fingerprint density at radius 1 is 1.32 bits per heavy atom. The number of benzene rings is 1. The van der Waals surface area contributed by atoms with E-state index in [1.807, 2.05) is 11.8 Å². The van der Waals surface area contributed by atoms with Crippen LogP contribution in [0.2, 0.25) is 0 Å². The van der Waals surface area contributed by atoms with E-state index in [9.17, 15) is 0 Å². The fourth-order valence-corrected chi connectivity index (χ4v) is 3.14. The Labute approximate surface area is 121 Å². The lowest BCUT2D eigenvalue weighted by Gasteiger charge is -2.20. The van der Waals surface area contributed by atoms with Crippen molar-refractivity contribution >= 4 is 11.8 Å². The molecule has 0 radical (unpaired) electrons. The molecule has 1 nitrogen and oxygen atoms in total. The molecule has 0 spiro atoms. The highest BCUT2D eigenvalue weighted by Gasteiger charge is 2.11. The summed E-state index contributed by atoms with van der Waals surface area (Å²) >= 11 is 1.81.